The summed E-state index contributed by atoms with van der Waals surface area (Å²) in [4.78, 5) is 42.9. The molecule has 2 heterocycles. The lowest BCUT2D eigenvalue weighted by Crippen LogP contribution is -2.49. The monoisotopic (exact) mass is 374 g/mol. The number of carboxylic acid groups (broad SMARTS) is 1. The van der Waals surface area contributed by atoms with Crippen molar-refractivity contribution in [1.29, 1.82) is 5.26 Å². The van der Waals surface area contributed by atoms with E-state index in [9.17, 15) is 19.6 Å². The Hall–Kier alpha value is -3.15. The molecule has 1 amide bonds. The van der Waals surface area contributed by atoms with Crippen molar-refractivity contribution in [2.45, 2.75) is 26.7 Å². The number of anilines is 1. The Morgan fingerprint density at radius 1 is 1.26 bits per heavy atom. The van der Waals surface area contributed by atoms with Crippen LogP contribution in [0.25, 0.3) is 0 Å². The molecule has 0 unspecified atom stereocenters. The van der Waals surface area contributed by atoms with E-state index in [1.807, 2.05) is 11.0 Å². The average Bonchev–Trinajstić information content (AvgIpc) is 2.66. The molecule has 1 saturated heterocycles. The number of aromatic nitrogens is 1. The molecule has 27 heavy (non-hydrogen) atoms. The summed E-state index contributed by atoms with van der Waals surface area (Å²) in [6, 6.07) is 3.50. The first-order valence-electron chi connectivity index (χ1n) is 8.70. The third-order valence-corrected chi connectivity index (χ3v) is 4.29. The van der Waals surface area contributed by atoms with Crippen molar-refractivity contribution < 1.29 is 24.2 Å². The number of amides is 1. The molecule has 0 saturated carbocycles. The van der Waals surface area contributed by atoms with E-state index in [0.29, 0.717) is 43.3 Å². The zero-order valence-electron chi connectivity index (χ0n) is 15.4. The van der Waals surface area contributed by atoms with Gasteiger partial charge in [0.25, 0.3) is 0 Å². The predicted octanol–water partition coefficient (Wildman–Crippen LogP) is 0.952. The average molecular weight is 374 g/mol. The molecule has 1 aromatic heterocycles. The van der Waals surface area contributed by atoms with Gasteiger partial charge < -0.3 is 19.6 Å². The first-order valence-corrected chi connectivity index (χ1v) is 8.70. The number of hydrogen-bond acceptors (Lipinski definition) is 7. The van der Waals surface area contributed by atoms with Gasteiger partial charge in [-0.2, -0.15) is 5.26 Å². The van der Waals surface area contributed by atoms with Crippen LogP contribution in [0.4, 0.5) is 5.82 Å². The van der Waals surface area contributed by atoms with Crippen LogP contribution in [0.2, 0.25) is 0 Å². The summed E-state index contributed by atoms with van der Waals surface area (Å²) < 4.78 is 5.08. The zero-order valence-corrected chi connectivity index (χ0v) is 15.4. The van der Waals surface area contributed by atoms with E-state index in [1.54, 1.807) is 18.7 Å². The largest absolute Gasteiger partial charge is 0.481 e. The minimum atomic E-state index is -1.00. The van der Waals surface area contributed by atoms with E-state index in [4.69, 9.17) is 9.84 Å². The number of aliphatic carboxylic acids is 1. The third kappa shape index (κ3) is 4.94. The SMILES string of the molecule is CCOC(=O)c1cc(C#N)c(C)nc1N1CCN(C(=O)CCC(=O)O)CC1. The number of ether oxygens (including phenoxy) is 1. The fourth-order valence-corrected chi connectivity index (χ4v) is 2.85. The normalized spacial score (nSPS) is 13.8. The van der Waals surface area contributed by atoms with Crippen LogP contribution in [0, 0.1) is 18.3 Å². The molecule has 0 spiro atoms. The highest BCUT2D eigenvalue weighted by molar-refractivity contribution is 5.95. The molecular weight excluding hydrogens is 352 g/mol. The van der Waals surface area contributed by atoms with Gasteiger partial charge in [0.2, 0.25) is 5.91 Å². The van der Waals surface area contributed by atoms with Gasteiger partial charge in [-0.25, -0.2) is 9.78 Å². The van der Waals surface area contributed by atoms with E-state index < -0.39 is 11.9 Å². The number of carbonyl (C=O) groups is 3. The molecule has 1 aliphatic rings. The van der Waals surface area contributed by atoms with Crippen molar-refractivity contribution in [2.24, 2.45) is 0 Å². The van der Waals surface area contributed by atoms with Gasteiger partial charge in [-0.15, -0.1) is 0 Å². The van der Waals surface area contributed by atoms with Crippen LogP contribution in [0.5, 0.6) is 0 Å². The summed E-state index contributed by atoms with van der Waals surface area (Å²) in [5.74, 6) is -1.32. The van der Waals surface area contributed by atoms with Gasteiger partial charge in [0, 0.05) is 32.6 Å². The maximum atomic E-state index is 12.3. The fraction of sp³-hybridized carbons (Fsp3) is 0.500. The number of nitriles is 1. The number of pyridine rings is 1. The highest BCUT2D eigenvalue weighted by Crippen LogP contribution is 2.24. The topological polar surface area (TPSA) is 124 Å². The van der Waals surface area contributed by atoms with Crippen molar-refractivity contribution in [3.05, 3.63) is 22.9 Å². The second kappa shape index (κ2) is 8.98. The first kappa shape index (κ1) is 20.2. The minimum Gasteiger partial charge on any atom is -0.481 e. The van der Waals surface area contributed by atoms with Crippen molar-refractivity contribution in [3.8, 4) is 6.07 Å². The molecule has 144 valence electrons. The van der Waals surface area contributed by atoms with Gasteiger partial charge in [0.05, 0.1) is 24.3 Å². The summed E-state index contributed by atoms with van der Waals surface area (Å²) in [5.41, 5.74) is 1.05. The van der Waals surface area contributed by atoms with Gasteiger partial charge in [-0.1, -0.05) is 0 Å². The van der Waals surface area contributed by atoms with E-state index >= 15 is 0 Å². The van der Waals surface area contributed by atoms with Crippen LogP contribution in [0.1, 0.15) is 41.4 Å². The Morgan fingerprint density at radius 3 is 2.48 bits per heavy atom. The number of carboxylic acids is 1. The predicted molar refractivity (Wildman–Crippen MR) is 95.3 cm³/mol. The van der Waals surface area contributed by atoms with E-state index in [-0.39, 0.29) is 30.9 Å². The van der Waals surface area contributed by atoms with Crippen molar-refractivity contribution >= 4 is 23.7 Å². The second-order valence-corrected chi connectivity index (χ2v) is 6.09. The lowest BCUT2D eigenvalue weighted by molar-refractivity contribution is -0.141. The molecule has 2 rings (SSSR count). The van der Waals surface area contributed by atoms with E-state index in [0.717, 1.165) is 0 Å². The Morgan fingerprint density at radius 2 is 1.93 bits per heavy atom. The van der Waals surface area contributed by atoms with Crippen LogP contribution < -0.4 is 4.90 Å². The van der Waals surface area contributed by atoms with Crippen LogP contribution >= 0.6 is 0 Å². The smallest absolute Gasteiger partial charge is 0.341 e. The quantitative estimate of drug-likeness (QED) is 0.730. The van der Waals surface area contributed by atoms with E-state index in [2.05, 4.69) is 4.98 Å². The molecule has 0 aliphatic carbocycles. The molecule has 1 aromatic rings. The summed E-state index contributed by atoms with van der Waals surface area (Å²) >= 11 is 0. The molecule has 9 nitrogen and oxygen atoms in total. The summed E-state index contributed by atoms with van der Waals surface area (Å²) in [6.45, 7) is 5.31. The Kier molecular flexibility index (Phi) is 6.71. The Labute approximate surface area is 157 Å². The molecular formula is C18H22N4O5. The summed E-state index contributed by atoms with van der Waals surface area (Å²) in [7, 11) is 0. The summed E-state index contributed by atoms with van der Waals surface area (Å²) in [5, 5.41) is 17.9. The molecule has 0 aromatic carbocycles. The van der Waals surface area contributed by atoms with Gasteiger partial charge in [0.15, 0.2) is 0 Å². The highest BCUT2D eigenvalue weighted by atomic mass is 16.5. The molecule has 1 fully saturated rings. The number of carbonyl (C=O) groups excluding carboxylic acids is 2. The lowest BCUT2D eigenvalue weighted by atomic mass is 10.1. The number of piperazine rings is 1. The number of nitrogens with zero attached hydrogens (tertiary/aromatic N) is 4. The minimum absolute atomic E-state index is 0.0301. The molecule has 1 N–H and O–H groups in total. The maximum absolute atomic E-state index is 12.3. The van der Waals surface area contributed by atoms with Crippen molar-refractivity contribution in [1.82, 2.24) is 9.88 Å². The Bertz CT molecular complexity index is 779. The molecule has 1 aliphatic heterocycles. The summed E-state index contributed by atoms with van der Waals surface area (Å²) in [6.07, 6.45) is -0.222. The molecule has 0 atom stereocenters. The van der Waals surface area contributed by atoms with Crippen molar-refractivity contribution in [3.63, 3.8) is 0 Å². The van der Waals surface area contributed by atoms with Gasteiger partial charge in [0.1, 0.15) is 17.5 Å². The van der Waals surface area contributed by atoms with Crippen molar-refractivity contribution in [2.75, 3.05) is 37.7 Å². The van der Waals surface area contributed by atoms with Gasteiger partial charge in [-0.3, -0.25) is 9.59 Å². The van der Waals surface area contributed by atoms with Gasteiger partial charge >= 0.3 is 11.9 Å². The molecule has 9 heteroatoms. The number of hydrogen-bond donors (Lipinski definition) is 1. The first-order chi connectivity index (χ1) is 12.9. The van der Waals surface area contributed by atoms with E-state index in [1.165, 1.54) is 6.07 Å². The molecule has 0 radical (unpaired) electrons. The second-order valence-electron chi connectivity index (χ2n) is 6.09. The fourth-order valence-electron chi connectivity index (χ4n) is 2.85. The number of aryl methyl sites for hydroxylation is 1. The maximum Gasteiger partial charge on any atom is 0.341 e. The standard InChI is InChI=1S/C18H22N4O5/c1-3-27-18(26)14-10-13(11-19)12(2)20-17(14)22-8-6-21(7-9-22)15(23)4-5-16(24)25/h10H,3-9H2,1-2H3,(H,24,25). The van der Waals surface area contributed by atoms with Crippen LogP contribution in [0.15, 0.2) is 6.07 Å². The van der Waals surface area contributed by atoms with Crippen LogP contribution in [-0.2, 0) is 14.3 Å². The number of esters is 1. The number of rotatable bonds is 6. The van der Waals surface area contributed by atoms with Gasteiger partial charge in [-0.05, 0) is 19.9 Å². The zero-order chi connectivity index (χ0) is 20.0. The highest BCUT2D eigenvalue weighted by Gasteiger charge is 2.26. The molecule has 0 bridgehead atoms. The third-order valence-electron chi connectivity index (χ3n) is 4.29. The Balaban J connectivity index is 2.16. The van der Waals surface area contributed by atoms with Crippen LogP contribution in [0.3, 0.4) is 0 Å². The lowest BCUT2D eigenvalue weighted by Gasteiger charge is -2.36. The van der Waals surface area contributed by atoms with Crippen LogP contribution in [-0.4, -0.2) is 65.6 Å².